The largest absolute Gasteiger partial charge is 0.454 e. The van der Waals surface area contributed by atoms with E-state index in [4.69, 9.17) is 9.47 Å². The smallest absolute Gasteiger partial charge is 0.251 e. The summed E-state index contributed by atoms with van der Waals surface area (Å²) in [5.41, 5.74) is 1.21. The van der Waals surface area contributed by atoms with Crippen molar-refractivity contribution in [2.45, 2.75) is 43.8 Å². The summed E-state index contributed by atoms with van der Waals surface area (Å²) in [6, 6.07) is 13.9. The number of fused-ring (bicyclic) bond motifs is 1. The van der Waals surface area contributed by atoms with E-state index in [0.717, 1.165) is 0 Å². The van der Waals surface area contributed by atoms with Crippen molar-refractivity contribution in [3.63, 3.8) is 0 Å². The third-order valence-electron chi connectivity index (χ3n) is 5.12. The number of nitrogens with zero attached hydrogens (tertiary/aromatic N) is 3. The number of rotatable bonds is 8. The van der Waals surface area contributed by atoms with Gasteiger partial charge in [0.25, 0.3) is 5.91 Å². The molecule has 1 aliphatic heterocycles. The number of anilines is 1. The van der Waals surface area contributed by atoms with Crippen LogP contribution >= 0.6 is 11.8 Å². The molecule has 0 spiro atoms. The predicted octanol–water partition coefficient (Wildman–Crippen LogP) is 3.64. The zero-order valence-corrected chi connectivity index (χ0v) is 19.4. The average molecular weight is 468 g/mol. The topological polar surface area (TPSA) is 107 Å². The molecular formula is C23H25N5O4S. The van der Waals surface area contributed by atoms with Gasteiger partial charge in [0.1, 0.15) is 0 Å². The molecule has 10 heteroatoms. The Morgan fingerprint density at radius 1 is 1.09 bits per heavy atom. The first-order valence-corrected chi connectivity index (χ1v) is 11.5. The first-order valence-electron chi connectivity index (χ1n) is 10.6. The number of carbonyl (C=O) groups is 2. The number of hydrogen-bond donors (Lipinski definition) is 2. The number of carbonyl (C=O) groups excluding carboxylic acids is 2. The summed E-state index contributed by atoms with van der Waals surface area (Å²) in [7, 11) is 0. The Kier molecular flexibility index (Phi) is 6.83. The fraction of sp³-hybridized carbons (Fsp3) is 0.304. The molecule has 0 bridgehead atoms. The molecule has 1 aliphatic rings. The second kappa shape index (κ2) is 9.95. The number of hydrogen-bond acceptors (Lipinski definition) is 7. The highest BCUT2D eigenvalue weighted by Gasteiger charge is 2.23. The zero-order chi connectivity index (χ0) is 23.4. The van der Waals surface area contributed by atoms with Crippen molar-refractivity contribution in [1.82, 2.24) is 20.1 Å². The molecule has 2 amide bonds. The second-order valence-corrected chi connectivity index (χ2v) is 8.77. The van der Waals surface area contributed by atoms with E-state index in [9.17, 15) is 9.59 Å². The summed E-state index contributed by atoms with van der Waals surface area (Å²) in [6.45, 7) is 6.42. The van der Waals surface area contributed by atoms with Gasteiger partial charge in [-0.2, -0.15) is 0 Å². The lowest BCUT2D eigenvalue weighted by Gasteiger charge is -2.16. The highest BCUT2D eigenvalue weighted by Crippen LogP contribution is 2.34. The van der Waals surface area contributed by atoms with Crippen molar-refractivity contribution in [1.29, 1.82) is 0 Å². The summed E-state index contributed by atoms with van der Waals surface area (Å²) < 4.78 is 12.6. The molecule has 0 unspecified atom stereocenters. The van der Waals surface area contributed by atoms with E-state index >= 15 is 0 Å². The van der Waals surface area contributed by atoms with Crippen LogP contribution in [0.1, 0.15) is 43.0 Å². The maximum Gasteiger partial charge on any atom is 0.251 e. The second-order valence-electron chi connectivity index (χ2n) is 7.46. The van der Waals surface area contributed by atoms with Gasteiger partial charge < -0.3 is 24.7 Å². The molecule has 0 aliphatic carbocycles. The van der Waals surface area contributed by atoms with Crippen molar-refractivity contribution in [3.05, 3.63) is 59.9 Å². The number of ether oxygens (including phenoxy) is 2. The Hall–Kier alpha value is -3.53. The van der Waals surface area contributed by atoms with Crippen LogP contribution in [0.5, 0.6) is 11.5 Å². The van der Waals surface area contributed by atoms with Gasteiger partial charge in [0.05, 0.1) is 11.3 Å². The molecule has 2 N–H and O–H groups in total. The highest BCUT2D eigenvalue weighted by atomic mass is 32.2. The Labute approximate surface area is 195 Å². The van der Waals surface area contributed by atoms with Crippen molar-refractivity contribution in [2.75, 3.05) is 12.1 Å². The van der Waals surface area contributed by atoms with Gasteiger partial charge in [-0.1, -0.05) is 30.0 Å². The maximum atomic E-state index is 12.7. The van der Waals surface area contributed by atoms with Gasteiger partial charge in [0.2, 0.25) is 12.7 Å². The summed E-state index contributed by atoms with van der Waals surface area (Å²) >= 11 is 1.31. The molecule has 3 aromatic rings. The van der Waals surface area contributed by atoms with Crippen LogP contribution in [0, 0.1) is 0 Å². The minimum Gasteiger partial charge on any atom is -0.454 e. The molecule has 9 nitrogen and oxygen atoms in total. The molecule has 1 aromatic heterocycles. The standard InChI is InChI=1S/C23H25N5O4S/c1-4-28-20(14(2)24-22(30)16-8-6-5-7-9-16)26-27-23(28)33-15(3)21(29)25-17-10-11-18-19(12-17)32-13-31-18/h5-12,14-15H,4,13H2,1-3H3,(H,24,30)(H,25,29)/t14-,15+/m1/s1. The predicted molar refractivity (Wildman–Crippen MR) is 125 cm³/mol. The van der Waals surface area contributed by atoms with E-state index in [1.54, 1.807) is 30.3 Å². The summed E-state index contributed by atoms with van der Waals surface area (Å²) in [5, 5.41) is 14.6. The minimum atomic E-state index is -0.424. The van der Waals surface area contributed by atoms with Gasteiger partial charge >= 0.3 is 0 Å². The van der Waals surface area contributed by atoms with E-state index < -0.39 is 5.25 Å². The van der Waals surface area contributed by atoms with Crippen LogP contribution in [0.2, 0.25) is 0 Å². The number of benzene rings is 2. The first-order chi connectivity index (χ1) is 16.0. The Morgan fingerprint density at radius 2 is 1.85 bits per heavy atom. The van der Waals surface area contributed by atoms with Crippen LogP contribution in [-0.2, 0) is 11.3 Å². The Morgan fingerprint density at radius 3 is 2.61 bits per heavy atom. The Bertz CT molecular complexity index is 1150. The summed E-state index contributed by atoms with van der Waals surface area (Å²) in [4.78, 5) is 25.2. The van der Waals surface area contributed by atoms with E-state index in [0.29, 0.717) is 40.3 Å². The number of aromatic nitrogens is 3. The lowest BCUT2D eigenvalue weighted by Crippen LogP contribution is -2.29. The van der Waals surface area contributed by atoms with E-state index in [-0.39, 0.29) is 24.6 Å². The molecule has 33 heavy (non-hydrogen) atoms. The molecule has 2 atom stereocenters. The van der Waals surface area contributed by atoms with Crippen LogP contribution < -0.4 is 20.1 Å². The van der Waals surface area contributed by atoms with Crippen molar-refractivity contribution >= 4 is 29.3 Å². The van der Waals surface area contributed by atoms with Gasteiger partial charge in [0.15, 0.2) is 22.5 Å². The third kappa shape index (κ3) is 5.11. The Balaban J connectivity index is 1.40. The van der Waals surface area contributed by atoms with Gasteiger partial charge in [-0.3, -0.25) is 9.59 Å². The first kappa shape index (κ1) is 22.7. The van der Waals surface area contributed by atoms with E-state index in [2.05, 4.69) is 20.8 Å². The summed E-state index contributed by atoms with van der Waals surface area (Å²) in [6.07, 6.45) is 0. The van der Waals surface area contributed by atoms with E-state index in [1.165, 1.54) is 11.8 Å². The monoisotopic (exact) mass is 467 g/mol. The zero-order valence-electron chi connectivity index (χ0n) is 18.6. The molecule has 0 saturated heterocycles. The van der Waals surface area contributed by atoms with Crippen molar-refractivity contribution < 1.29 is 19.1 Å². The van der Waals surface area contributed by atoms with Gasteiger partial charge in [-0.25, -0.2) is 0 Å². The lowest BCUT2D eigenvalue weighted by atomic mass is 10.2. The number of nitrogens with one attached hydrogen (secondary N) is 2. The molecule has 4 rings (SSSR count). The van der Waals surface area contributed by atoms with Gasteiger partial charge in [-0.15, -0.1) is 10.2 Å². The van der Waals surface area contributed by atoms with E-state index in [1.807, 2.05) is 43.5 Å². The van der Waals surface area contributed by atoms with Crippen LogP contribution in [0.15, 0.2) is 53.7 Å². The molecular weight excluding hydrogens is 442 g/mol. The summed E-state index contributed by atoms with van der Waals surface area (Å²) in [5.74, 6) is 1.55. The van der Waals surface area contributed by atoms with Gasteiger partial charge in [-0.05, 0) is 45.0 Å². The van der Waals surface area contributed by atoms with Crippen LogP contribution in [-0.4, -0.2) is 38.6 Å². The van der Waals surface area contributed by atoms with Gasteiger partial charge in [0, 0.05) is 23.9 Å². The number of amides is 2. The van der Waals surface area contributed by atoms with Crippen LogP contribution in [0.4, 0.5) is 5.69 Å². The number of thioether (sulfide) groups is 1. The third-order valence-corrected chi connectivity index (χ3v) is 6.20. The molecule has 2 aromatic carbocycles. The molecule has 0 fully saturated rings. The molecule has 0 radical (unpaired) electrons. The maximum absolute atomic E-state index is 12.7. The molecule has 172 valence electrons. The fourth-order valence-electron chi connectivity index (χ4n) is 3.37. The normalized spacial score (nSPS) is 13.9. The fourth-order valence-corrected chi connectivity index (χ4v) is 4.29. The average Bonchev–Trinajstić information content (AvgIpc) is 3.45. The van der Waals surface area contributed by atoms with Crippen molar-refractivity contribution in [2.24, 2.45) is 0 Å². The van der Waals surface area contributed by atoms with Crippen LogP contribution in [0.3, 0.4) is 0 Å². The van der Waals surface area contributed by atoms with Crippen LogP contribution in [0.25, 0.3) is 0 Å². The van der Waals surface area contributed by atoms with Crippen molar-refractivity contribution in [3.8, 4) is 11.5 Å². The highest BCUT2D eigenvalue weighted by molar-refractivity contribution is 8.00. The minimum absolute atomic E-state index is 0.170. The SMILES string of the molecule is CCn1c(S[C@@H](C)C(=O)Nc2ccc3c(c2)OCO3)nnc1[C@@H](C)NC(=O)c1ccccc1. The molecule has 0 saturated carbocycles. The molecule has 2 heterocycles. The quantitative estimate of drug-likeness (QED) is 0.487. The lowest BCUT2D eigenvalue weighted by molar-refractivity contribution is -0.115.